The minimum absolute atomic E-state index is 0.0111. The van der Waals surface area contributed by atoms with E-state index in [4.69, 9.17) is 11.6 Å². The fourth-order valence-electron chi connectivity index (χ4n) is 2.33. The summed E-state index contributed by atoms with van der Waals surface area (Å²) in [7, 11) is 0. The molecule has 2 N–H and O–H groups in total. The van der Waals surface area contributed by atoms with Crippen molar-refractivity contribution >= 4 is 40.4 Å². The van der Waals surface area contributed by atoms with Gasteiger partial charge in [0, 0.05) is 29.4 Å². The average molecular weight is 401 g/mol. The second-order valence-electron chi connectivity index (χ2n) is 5.60. The summed E-state index contributed by atoms with van der Waals surface area (Å²) in [5, 5.41) is 28.4. The summed E-state index contributed by atoms with van der Waals surface area (Å²) in [6.45, 7) is 0.111. The molecule has 0 saturated carbocycles. The van der Waals surface area contributed by atoms with Gasteiger partial charge in [0.15, 0.2) is 0 Å². The van der Waals surface area contributed by atoms with Gasteiger partial charge < -0.3 is 10.6 Å². The summed E-state index contributed by atoms with van der Waals surface area (Å²) in [6, 6.07) is 12.7. The number of nitrogens with one attached hydrogen (secondary N) is 2. The van der Waals surface area contributed by atoms with Crippen molar-refractivity contribution in [3.05, 3.63) is 85.5 Å². The summed E-state index contributed by atoms with van der Waals surface area (Å²) in [6.07, 6.45) is 1.08. The standard InChI is InChI=1S/C17H13ClN6O4/c18-12-4-6-13(7-5-12)21-17-20-10-15(24(27)28)16(22-17)19-9-11-2-1-3-14(8-11)23(25)26/h1-8,10H,9H2,(H2,19,20,21,22). The molecule has 0 amide bonds. The first-order chi connectivity index (χ1) is 13.4. The number of benzene rings is 2. The van der Waals surface area contributed by atoms with E-state index in [-0.39, 0.29) is 29.7 Å². The first kappa shape index (κ1) is 19.0. The molecule has 0 aliphatic heterocycles. The second kappa shape index (κ2) is 8.27. The minimum Gasteiger partial charge on any atom is -0.360 e. The molecule has 3 aromatic rings. The SMILES string of the molecule is O=[N+]([O-])c1cccc(CNc2nc(Nc3ccc(Cl)cc3)ncc2[N+](=O)[O-])c1. The Bertz CT molecular complexity index is 1030. The van der Waals surface area contributed by atoms with E-state index in [1.165, 1.54) is 18.2 Å². The molecule has 1 aromatic heterocycles. The quantitative estimate of drug-likeness (QED) is 0.442. The molecule has 0 atom stereocenters. The van der Waals surface area contributed by atoms with Crippen LogP contribution in [0.25, 0.3) is 0 Å². The Labute approximate surface area is 163 Å². The van der Waals surface area contributed by atoms with Gasteiger partial charge in [0.05, 0.1) is 9.85 Å². The van der Waals surface area contributed by atoms with Gasteiger partial charge in [-0.25, -0.2) is 4.98 Å². The van der Waals surface area contributed by atoms with Crippen molar-refractivity contribution in [2.24, 2.45) is 0 Å². The molecule has 2 aromatic carbocycles. The number of halogens is 1. The van der Waals surface area contributed by atoms with Crippen LogP contribution in [0.15, 0.2) is 54.7 Å². The van der Waals surface area contributed by atoms with Crippen molar-refractivity contribution in [2.75, 3.05) is 10.6 Å². The van der Waals surface area contributed by atoms with Crippen LogP contribution < -0.4 is 10.6 Å². The molecule has 0 spiro atoms. The molecule has 0 aliphatic carbocycles. The normalized spacial score (nSPS) is 10.3. The lowest BCUT2D eigenvalue weighted by Crippen LogP contribution is -2.08. The third kappa shape index (κ3) is 4.68. The van der Waals surface area contributed by atoms with Crippen molar-refractivity contribution in [1.82, 2.24) is 9.97 Å². The number of anilines is 3. The van der Waals surface area contributed by atoms with E-state index in [0.29, 0.717) is 16.3 Å². The van der Waals surface area contributed by atoms with Crippen LogP contribution in [0.4, 0.5) is 28.8 Å². The van der Waals surface area contributed by atoms with E-state index < -0.39 is 9.85 Å². The van der Waals surface area contributed by atoms with Crippen molar-refractivity contribution in [2.45, 2.75) is 6.54 Å². The average Bonchev–Trinajstić information content (AvgIpc) is 2.68. The zero-order valence-corrected chi connectivity index (χ0v) is 15.0. The summed E-state index contributed by atoms with van der Waals surface area (Å²) in [4.78, 5) is 29.1. The molecule has 0 fully saturated rings. The maximum atomic E-state index is 11.2. The van der Waals surface area contributed by atoms with Crippen LogP contribution >= 0.6 is 11.6 Å². The highest BCUT2D eigenvalue weighted by Crippen LogP contribution is 2.25. The molecule has 0 radical (unpaired) electrons. The van der Waals surface area contributed by atoms with Gasteiger partial charge in [-0.2, -0.15) is 4.98 Å². The number of hydrogen-bond acceptors (Lipinski definition) is 8. The summed E-state index contributed by atoms with van der Waals surface area (Å²) in [5.41, 5.74) is 0.853. The molecule has 3 rings (SSSR count). The number of non-ortho nitro benzene ring substituents is 1. The minimum atomic E-state index is -0.609. The van der Waals surface area contributed by atoms with Gasteiger partial charge >= 0.3 is 5.69 Å². The van der Waals surface area contributed by atoms with Crippen LogP contribution in [0.1, 0.15) is 5.56 Å². The van der Waals surface area contributed by atoms with Crippen molar-refractivity contribution in [1.29, 1.82) is 0 Å². The lowest BCUT2D eigenvalue weighted by atomic mass is 10.2. The highest BCUT2D eigenvalue weighted by molar-refractivity contribution is 6.30. The zero-order chi connectivity index (χ0) is 20.1. The molecule has 142 valence electrons. The van der Waals surface area contributed by atoms with Gasteiger partial charge in [-0.15, -0.1) is 0 Å². The van der Waals surface area contributed by atoms with E-state index >= 15 is 0 Å². The maximum Gasteiger partial charge on any atom is 0.329 e. The Morgan fingerprint density at radius 3 is 2.46 bits per heavy atom. The van der Waals surface area contributed by atoms with Crippen molar-refractivity contribution in [3.8, 4) is 0 Å². The zero-order valence-electron chi connectivity index (χ0n) is 14.2. The predicted molar refractivity (Wildman–Crippen MR) is 104 cm³/mol. The molecule has 11 heteroatoms. The number of rotatable bonds is 7. The van der Waals surface area contributed by atoms with E-state index in [1.54, 1.807) is 30.3 Å². The Morgan fingerprint density at radius 2 is 1.79 bits per heavy atom. The number of aromatic nitrogens is 2. The number of nitro groups is 2. The smallest absolute Gasteiger partial charge is 0.329 e. The first-order valence-electron chi connectivity index (χ1n) is 7.93. The number of hydrogen-bond donors (Lipinski definition) is 2. The van der Waals surface area contributed by atoms with Crippen LogP contribution in [0.2, 0.25) is 5.02 Å². The van der Waals surface area contributed by atoms with Crippen molar-refractivity contribution in [3.63, 3.8) is 0 Å². The van der Waals surface area contributed by atoms with Crippen LogP contribution in [-0.2, 0) is 6.54 Å². The molecule has 10 nitrogen and oxygen atoms in total. The van der Waals surface area contributed by atoms with Crippen LogP contribution in [0.3, 0.4) is 0 Å². The second-order valence-corrected chi connectivity index (χ2v) is 6.03. The van der Waals surface area contributed by atoms with Gasteiger partial charge in [-0.1, -0.05) is 23.7 Å². The molecule has 1 heterocycles. The molecular weight excluding hydrogens is 388 g/mol. The molecule has 0 aliphatic rings. The summed E-state index contributed by atoms with van der Waals surface area (Å²) >= 11 is 5.84. The van der Waals surface area contributed by atoms with E-state index in [9.17, 15) is 20.2 Å². The number of nitrogens with zero attached hydrogens (tertiary/aromatic N) is 4. The molecule has 28 heavy (non-hydrogen) atoms. The van der Waals surface area contributed by atoms with Crippen molar-refractivity contribution < 1.29 is 9.85 Å². The highest BCUT2D eigenvalue weighted by atomic mass is 35.5. The highest BCUT2D eigenvalue weighted by Gasteiger charge is 2.17. The fraction of sp³-hybridized carbons (Fsp3) is 0.0588. The molecule has 0 bridgehead atoms. The maximum absolute atomic E-state index is 11.2. The Kier molecular flexibility index (Phi) is 5.61. The van der Waals surface area contributed by atoms with Gasteiger partial charge in [0.2, 0.25) is 11.8 Å². The Balaban J connectivity index is 1.81. The van der Waals surface area contributed by atoms with Crippen LogP contribution in [-0.4, -0.2) is 19.8 Å². The van der Waals surface area contributed by atoms with Gasteiger partial charge in [-0.05, 0) is 29.8 Å². The van der Waals surface area contributed by atoms with Gasteiger partial charge in [0.1, 0.15) is 6.20 Å². The lowest BCUT2D eigenvalue weighted by Gasteiger charge is -2.09. The summed E-state index contributed by atoms with van der Waals surface area (Å²) in [5.74, 6) is 0.137. The van der Waals surface area contributed by atoms with E-state index in [0.717, 1.165) is 6.20 Å². The third-order valence-electron chi connectivity index (χ3n) is 3.65. The molecule has 0 unspecified atom stereocenters. The van der Waals surface area contributed by atoms with E-state index in [2.05, 4.69) is 20.6 Å². The topological polar surface area (TPSA) is 136 Å². The first-order valence-corrected chi connectivity index (χ1v) is 8.31. The van der Waals surface area contributed by atoms with Gasteiger partial charge in [-0.3, -0.25) is 20.2 Å². The van der Waals surface area contributed by atoms with Gasteiger partial charge in [0.25, 0.3) is 5.69 Å². The Morgan fingerprint density at radius 1 is 1.04 bits per heavy atom. The Hall–Kier alpha value is -3.79. The predicted octanol–water partition coefficient (Wildman–Crippen LogP) is 4.30. The third-order valence-corrected chi connectivity index (χ3v) is 3.90. The monoisotopic (exact) mass is 400 g/mol. The van der Waals surface area contributed by atoms with Crippen LogP contribution in [0, 0.1) is 20.2 Å². The number of nitro benzene ring substituents is 1. The largest absolute Gasteiger partial charge is 0.360 e. The van der Waals surface area contributed by atoms with E-state index in [1.807, 2.05) is 0 Å². The summed E-state index contributed by atoms with van der Waals surface area (Å²) < 4.78 is 0. The molecular formula is C17H13ClN6O4. The molecule has 0 saturated heterocycles. The fourth-order valence-corrected chi connectivity index (χ4v) is 2.45. The van der Waals surface area contributed by atoms with Crippen LogP contribution in [0.5, 0.6) is 0 Å². The lowest BCUT2D eigenvalue weighted by molar-refractivity contribution is -0.384.